The van der Waals surface area contributed by atoms with Crippen molar-refractivity contribution < 1.29 is 4.39 Å². The van der Waals surface area contributed by atoms with Crippen LogP contribution in [0.4, 0.5) is 16.0 Å². The van der Waals surface area contributed by atoms with Crippen molar-refractivity contribution in [2.24, 2.45) is 0 Å². The number of aryl methyl sites for hydroxylation is 1. The molecular formula is C26H32FN7. The molecule has 2 aromatic heterocycles. The van der Waals surface area contributed by atoms with E-state index in [-0.39, 0.29) is 11.6 Å². The summed E-state index contributed by atoms with van der Waals surface area (Å²) < 4.78 is 14.1. The molecule has 0 radical (unpaired) electrons. The molecule has 1 aromatic carbocycles. The Kier molecular flexibility index (Phi) is 6.41. The van der Waals surface area contributed by atoms with Crippen LogP contribution in [0.1, 0.15) is 55.1 Å². The second-order valence-corrected chi connectivity index (χ2v) is 9.75. The number of hydrogen-bond acceptors (Lipinski definition) is 7. The fraction of sp³-hybridized carbons (Fsp3) is 0.462. The van der Waals surface area contributed by atoms with Crippen LogP contribution in [-0.4, -0.2) is 52.8 Å². The summed E-state index contributed by atoms with van der Waals surface area (Å²) in [5.41, 5.74) is 2.82. The summed E-state index contributed by atoms with van der Waals surface area (Å²) in [6, 6.07) is 6.62. The number of nitrogens with one attached hydrogen (secondary N) is 1. The summed E-state index contributed by atoms with van der Waals surface area (Å²) in [4.78, 5) is 9.38. The highest BCUT2D eigenvalue weighted by Gasteiger charge is 2.32. The molecule has 0 amide bonds. The van der Waals surface area contributed by atoms with Crippen molar-refractivity contribution in [2.75, 3.05) is 37.4 Å². The van der Waals surface area contributed by atoms with Crippen LogP contribution in [-0.2, 0) is 0 Å². The normalized spacial score (nSPS) is 16.5. The molecule has 0 aliphatic carbocycles. The molecule has 0 unspecified atom stereocenters. The molecule has 1 fully saturated rings. The van der Waals surface area contributed by atoms with Gasteiger partial charge in [-0.3, -0.25) is 0 Å². The number of rotatable bonds is 5. The third-order valence-electron chi connectivity index (χ3n) is 7.43. The second kappa shape index (κ2) is 9.15. The van der Waals surface area contributed by atoms with Crippen LogP contribution in [0.15, 0.2) is 24.4 Å². The quantitative estimate of drug-likeness (QED) is 0.587. The van der Waals surface area contributed by atoms with Gasteiger partial charge in [0.1, 0.15) is 11.6 Å². The molecule has 1 N–H and O–H groups in total. The highest BCUT2D eigenvalue weighted by atomic mass is 19.1. The third kappa shape index (κ3) is 4.40. The van der Waals surface area contributed by atoms with E-state index < -0.39 is 5.82 Å². The number of benzene rings is 1. The Balaban J connectivity index is 1.66. The summed E-state index contributed by atoms with van der Waals surface area (Å²) in [5.74, 6) is 1.12. The first-order valence-corrected chi connectivity index (χ1v) is 11.6. The van der Waals surface area contributed by atoms with Gasteiger partial charge in [0.05, 0.1) is 23.4 Å². The number of anilines is 2. The number of pyridine rings is 1. The minimum atomic E-state index is -0.424. The fourth-order valence-corrected chi connectivity index (χ4v) is 4.65. The van der Waals surface area contributed by atoms with Crippen LogP contribution in [0.5, 0.6) is 0 Å². The molecule has 1 aliphatic heterocycles. The average Bonchev–Trinajstić information content (AvgIpc) is 2.82. The van der Waals surface area contributed by atoms with E-state index in [2.05, 4.69) is 58.5 Å². The lowest BCUT2D eigenvalue weighted by molar-refractivity contribution is 0.137. The lowest BCUT2D eigenvalue weighted by Crippen LogP contribution is -2.50. The Morgan fingerprint density at radius 3 is 2.50 bits per heavy atom. The molecule has 0 saturated carbocycles. The van der Waals surface area contributed by atoms with Crippen LogP contribution in [0.3, 0.4) is 0 Å². The maximum absolute atomic E-state index is 14.1. The van der Waals surface area contributed by atoms with E-state index in [0.717, 1.165) is 59.3 Å². The SMILES string of the molecule is Cc1c(C#N)cc(F)cc1[C@@H](C)Nc1nnc(C)c2cnc(N3CCC(C)(N(C)C)CC3)cc12. The smallest absolute Gasteiger partial charge is 0.157 e. The molecule has 34 heavy (non-hydrogen) atoms. The van der Waals surface area contributed by atoms with E-state index in [4.69, 9.17) is 4.98 Å². The number of fused-ring (bicyclic) bond motifs is 1. The van der Waals surface area contributed by atoms with Gasteiger partial charge in [0.15, 0.2) is 5.82 Å². The van der Waals surface area contributed by atoms with Crippen LogP contribution < -0.4 is 10.2 Å². The van der Waals surface area contributed by atoms with Crippen LogP contribution in [0.25, 0.3) is 10.8 Å². The van der Waals surface area contributed by atoms with Gasteiger partial charge in [-0.05, 0) is 84.0 Å². The Morgan fingerprint density at radius 1 is 1.15 bits per heavy atom. The summed E-state index contributed by atoms with van der Waals surface area (Å²) in [6.45, 7) is 9.87. The zero-order chi connectivity index (χ0) is 24.6. The molecule has 3 heterocycles. The molecule has 1 aliphatic rings. The summed E-state index contributed by atoms with van der Waals surface area (Å²) in [6.07, 6.45) is 4.00. The van der Waals surface area contributed by atoms with Crippen molar-refractivity contribution in [3.05, 3.63) is 52.6 Å². The predicted molar refractivity (Wildman–Crippen MR) is 133 cm³/mol. The Morgan fingerprint density at radius 2 is 1.85 bits per heavy atom. The van der Waals surface area contributed by atoms with E-state index in [1.165, 1.54) is 12.1 Å². The Hall–Kier alpha value is -3.31. The van der Waals surface area contributed by atoms with Gasteiger partial charge in [-0.15, -0.1) is 5.10 Å². The molecule has 7 nitrogen and oxygen atoms in total. The van der Waals surface area contributed by atoms with Crippen molar-refractivity contribution in [1.29, 1.82) is 5.26 Å². The third-order valence-corrected chi connectivity index (χ3v) is 7.43. The number of hydrogen-bond donors (Lipinski definition) is 1. The maximum Gasteiger partial charge on any atom is 0.157 e. The van der Waals surface area contributed by atoms with E-state index in [1.807, 2.05) is 27.0 Å². The zero-order valence-electron chi connectivity index (χ0n) is 20.8. The van der Waals surface area contributed by atoms with Crippen molar-refractivity contribution >= 4 is 22.4 Å². The van der Waals surface area contributed by atoms with Crippen LogP contribution in [0.2, 0.25) is 0 Å². The van der Waals surface area contributed by atoms with E-state index in [0.29, 0.717) is 11.4 Å². The monoisotopic (exact) mass is 461 g/mol. The van der Waals surface area contributed by atoms with Gasteiger partial charge >= 0.3 is 0 Å². The number of piperidine rings is 1. The van der Waals surface area contributed by atoms with Crippen molar-refractivity contribution in [1.82, 2.24) is 20.1 Å². The van der Waals surface area contributed by atoms with E-state index >= 15 is 0 Å². The Bertz CT molecular complexity index is 1260. The van der Waals surface area contributed by atoms with Gasteiger partial charge in [0.25, 0.3) is 0 Å². The number of nitrogens with zero attached hydrogens (tertiary/aromatic N) is 6. The van der Waals surface area contributed by atoms with Crippen molar-refractivity contribution in [2.45, 2.75) is 52.1 Å². The van der Waals surface area contributed by atoms with Crippen molar-refractivity contribution in [3.63, 3.8) is 0 Å². The average molecular weight is 462 g/mol. The lowest BCUT2D eigenvalue weighted by Gasteiger charge is -2.44. The van der Waals surface area contributed by atoms with Gasteiger partial charge in [-0.25, -0.2) is 9.37 Å². The number of halogens is 1. The molecular weight excluding hydrogens is 429 g/mol. The second-order valence-electron chi connectivity index (χ2n) is 9.75. The minimum absolute atomic E-state index is 0.197. The van der Waals surface area contributed by atoms with Gasteiger partial charge < -0.3 is 15.1 Å². The first-order valence-electron chi connectivity index (χ1n) is 11.6. The minimum Gasteiger partial charge on any atom is -0.362 e. The highest BCUT2D eigenvalue weighted by Crippen LogP contribution is 2.33. The summed E-state index contributed by atoms with van der Waals surface area (Å²) in [5, 5.41) is 23.4. The highest BCUT2D eigenvalue weighted by molar-refractivity contribution is 5.94. The maximum atomic E-state index is 14.1. The lowest BCUT2D eigenvalue weighted by atomic mass is 9.88. The molecule has 1 saturated heterocycles. The standard InChI is InChI=1S/C26H32FN7/c1-16-19(14-28)11-20(27)12-21(16)17(2)30-25-22-13-24(29-15-23(22)18(3)31-32-25)34-9-7-26(4,8-10-34)33(5)6/h11-13,15,17H,7-10H2,1-6H3,(H,30,32)/t17-/m1/s1. The summed E-state index contributed by atoms with van der Waals surface area (Å²) >= 11 is 0. The predicted octanol–water partition coefficient (Wildman–Crippen LogP) is 4.75. The zero-order valence-corrected chi connectivity index (χ0v) is 20.8. The first-order chi connectivity index (χ1) is 16.1. The van der Waals surface area contributed by atoms with Crippen LogP contribution >= 0.6 is 0 Å². The molecule has 0 spiro atoms. The largest absolute Gasteiger partial charge is 0.362 e. The molecule has 1 atom stereocenters. The Labute approximate surface area is 200 Å². The van der Waals surface area contributed by atoms with E-state index in [9.17, 15) is 9.65 Å². The molecule has 4 rings (SSSR count). The van der Waals surface area contributed by atoms with Crippen LogP contribution in [0, 0.1) is 31.0 Å². The van der Waals surface area contributed by atoms with E-state index in [1.54, 1.807) is 0 Å². The molecule has 178 valence electrons. The topological polar surface area (TPSA) is 81.0 Å². The van der Waals surface area contributed by atoms with Crippen molar-refractivity contribution in [3.8, 4) is 6.07 Å². The van der Waals surface area contributed by atoms with Gasteiger partial charge in [0, 0.05) is 35.6 Å². The number of nitriles is 1. The molecule has 8 heteroatoms. The molecule has 0 bridgehead atoms. The van der Waals surface area contributed by atoms with Gasteiger partial charge in [-0.1, -0.05) is 0 Å². The number of aromatic nitrogens is 3. The first kappa shape index (κ1) is 23.8. The van der Waals surface area contributed by atoms with Gasteiger partial charge in [-0.2, -0.15) is 10.4 Å². The molecule has 3 aromatic rings. The van der Waals surface area contributed by atoms with Gasteiger partial charge in [0.2, 0.25) is 0 Å². The summed E-state index contributed by atoms with van der Waals surface area (Å²) in [7, 11) is 4.29. The fourth-order valence-electron chi connectivity index (χ4n) is 4.65.